The first-order valence-electron chi connectivity index (χ1n) is 7.32. The molecule has 0 aliphatic rings. The fourth-order valence-corrected chi connectivity index (χ4v) is 2.42. The maximum Gasteiger partial charge on any atom is 0.171 e. The van der Waals surface area contributed by atoms with Crippen molar-refractivity contribution >= 4 is 28.8 Å². The first kappa shape index (κ1) is 17.0. The summed E-state index contributed by atoms with van der Waals surface area (Å²) in [6.45, 7) is 3.58. The predicted molar refractivity (Wildman–Crippen MR) is 97.2 cm³/mol. The average molecular weight is 328 g/mol. The smallest absolute Gasteiger partial charge is 0.171 e. The third kappa shape index (κ3) is 4.79. The molecule has 2 N–H and O–H groups in total. The molecule has 0 heterocycles. The number of rotatable bonds is 5. The lowest BCUT2D eigenvalue weighted by Gasteiger charge is -2.17. The van der Waals surface area contributed by atoms with Gasteiger partial charge in [0.2, 0.25) is 0 Å². The molecule has 0 aromatic heterocycles. The van der Waals surface area contributed by atoms with E-state index in [1.165, 1.54) is 0 Å². The van der Waals surface area contributed by atoms with Crippen molar-refractivity contribution in [1.29, 1.82) is 0 Å². The minimum absolute atomic E-state index is 0.0466. The minimum Gasteiger partial charge on any atom is -0.497 e. The Balaban J connectivity index is 1.93. The van der Waals surface area contributed by atoms with E-state index < -0.39 is 0 Å². The van der Waals surface area contributed by atoms with Gasteiger partial charge >= 0.3 is 0 Å². The molecule has 1 unspecified atom stereocenters. The highest BCUT2D eigenvalue weighted by Gasteiger charge is 2.07. The molecule has 2 aromatic carbocycles. The summed E-state index contributed by atoms with van der Waals surface area (Å²) in [5.41, 5.74) is 2.64. The van der Waals surface area contributed by atoms with E-state index in [4.69, 9.17) is 17.0 Å². The molecule has 0 saturated carbocycles. The van der Waals surface area contributed by atoms with Crippen molar-refractivity contribution in [3.05, 3.63) is 59.7 Å². The maximum absolute atomic E-state index is 11.3. The van der Waals surface area contributed by atoms with E-state index in [9.17, 15) is 4.79 Å². The van der Waals surface area contributed by atoms with Gasteiger partial charge in [-0.1, -0.05) is 12.1 Å². The van der Waals surface area contributed by atoms with Crippen molar-refractivity contribution in [3.63, 3.8) is 0 Å². The number of ether oxygens (including phenoxy) is 1. The number of carbonyl (C=O) groups excluding carboxylic acids is 1. The molecular formula is C18H20N2O2S. The van der Waals surface area contributed by atoms with Gasteiger partial charge in [0.1, 0.15) is 5.75 Å². The molecule has 2 rings (SSSR count). The van der Waals surface area contributed by atoms with Gasteiger partial charge in [-0.05, 0) is 68.0 Å². The van der Waals surface area contributed by atoms with Crippen LogP contribution in [0.5, 0.6) is 5.75 Å². The number of hydrogen-bond donors (Lipinski definition) is 2. The third-order valence-electron chi connectivity index (χ3n) is 3.51. The Morgan fingerprint density at radius 2 is 1.70 bits per heavy atom. The molecule has 1 atom stereocenters. The lowest BCUT2D eigenvalue weighted by molar-refractivity contribution is 0.101. The molecule has 0 bridgehead atoms. The molecule has 120 valence electrons. The van der Waals surface area contributed by atoms with Gasteiger partial charge in [0.15, 0.2) is 10.9 Å². The van der Waals surface area contributed by atoms with Crippen LogP contribution in [0.1, 0.15) is 35.8 Å². The molecule has 4 nitrogen and oxygen atoms in total. The summed E-state index contributed by atoms with van der Waals surface area (Å²) >= 11 is 5.33. The summed E-state index contributed by atoms with van der Waals surface area (Å²) in [6.07, 6.45) is 0. The monoisotopic (exact) mass is 328 g/mol. The molecule has 0 radical (unpaired) electrons. The van der Waals surface area contributed by atoms with E-state index in [1.54, 1.807) is 26.2 Å². The SMILES string of the molecule is COc1ccc(C(C)NC(=S)Nc2ccc(C(C)=O)cc2)cc1. The van der Waals surface area contributed by atoms with Crippen LogP contribution >= 0.6 is 12.2 Å². The first-order valence-corrected chi connectivity index (χ1v) is 7.73. The lowest BCUT2D eigenvalue weighted by Crippen LogP contribution is -2.30. The van der Waals surface area contributed by atoms with Gasteiger partial charge in [0, 0.05) is 11.3 Å². The van der Waals surface area contributed by atoms with Gasteiger partial charge < -0.3 is 15.4 Å². The number of Topliss-reactive ketones (excluding diaryl/α,β-unsaturated/α-hetero) is 1. The highest BCUT2D eigenvalue weighted by Crippen LogP contribution is 2.17. The number of carbonyl (C=O) groups is 1. The van der Waals surface area contributed by atoms with Crippen LogP contribution in [0.3, 0.4) is 0 Å². The van der Waals surface area contributed by atoms with Crippen molar-refractivity contribution in [2.45, 2.75) is 19.9 Å². The quantitative estimate of drug-likeness (QED) is 0.643. The molecule has 0 aliphatic heterocycles. The van der Waals surface area contributed by atoms with Crippen molar-refractivity contribution in [3.8, 4) is 5.75 Å². The molecule has 0 spiro atoms. The van der Waals surface area contributed by atoms with Crippen LogP contribution in [-0.4, -0.2) is 18.0 Å². The van der Waals surface area contributed by atoms with Gasteiger partial charge in [-0.15, -0.1) is 0 Å². The summed E-state index contributed by atoms with van der Waals surface area (Å²) < 4.78 is 5.15. The second-order valence-corrected chi connectivity index (χ2v) is 5.64. The number of hydrogen-bond acceptors (Lipinski definition) is 3. The van der Waals surface area contributed by atoms with Gasteiger partial charge in [0.25, 0.3) is 0 Å². The van der Waals surface area contributed by atoms with E-state index in [1.807, 2.05) is 43.3 Å². The number of anilines is 1. The zero-order valence-corrected chi connectivity index (χ0v) is 14.2. The van der Waals surface area contributed by atoms with Gasteiger partial charge in [-0.2, -0.15) is 0 Å². The Bertz CT molecular complexity index is 681. The van der Waals surface area contributed by atoms with Crippen LogP contribution < -0.4 is 15.4 Å². The molecule has 0 saturated heterocycles. The minimum atomic E-state index is 0.0466. The average Bonchev–Trinajstić information content (AvgIpc) is 2.55. The maximum atomic E-state index is 11.3. The summed E-state index contributed by atoms with van der Waals surface area (Å²) in [4.78, 5) is 11.3. The number of benzene rings is 2. The summed E-state index contributed by atoms with van der Waals surface area (Å²) in [6, 6.07) is 15.1. The van der Waals surface area contributed by atoms with Crippen LogP contribution in [-0.2, 0) is 0 Å². The lowest BCUT2D eigenvalue weighted by atomic mass is 10.1. The largest absolute Gasteiger partial charge is 0.497 e. The fourth-order valence-electron chi connectivity index (χ4n) is 2.13. The normalized spacial score (nSPS) is 11.4. The standard InChI is InChI=1S/C18H20N2O2S/c1-12(14-6-10-17(22-3)11-7-14)19-18(23)20-16-8-4-15(5-9-16)13(2)21/h4-12H,1-3H3,(H2,19,20,23). The highest BCUT2D eigenvalue weighted by molar-refractivity contribution is 7.80. The topological polar surface area (TPSA) is 50.4 Å². The number of nitrogens with one attached hydrogen (secondary N) is 2. The number of thiocarbonyl (C=S) groups is 1. The number of methoxy groups -OCH3 is 1. The second-order valence-electron chi connectivity index (χ2n) is 5.23. The molecule has 0 amide bonds. The fraction of sp³-hybridized carbons (Fsp3) is 0.222. The van der Waals surface area contributed by atoms with E-state index in [0.717, 1.165) is 17.0 Å². The van der Waals surface area contributed by atoms with Crippen LogP contribution in [0, 0.1) is 0 Å². The van der Waals surface area contributed by atoms with Crippen LogP contribution in [0.4, 0.5) is 5.69 Å². The predicted octanol–water partition coefficient (Wildman–Crippen LogP) is 3.95. The Kier molecular flexibility index (Phi) is 5.71. The van der Waals surface area contributed by atoms with Gasteiger partial charge in [0.05, 0.1) is 13.2 Å². The number of ketones is 1. The second kappa shape index (κ2) is 7.74. The molecule has 0 fully saturated rings. The molecule has 0 aliphatic carbocycles. The first-order chi connectivity index (χ1) is 11.0. The zero-order chi connectivity index (χ0) is 16.8. The molecule has 2 aromatic rings. The molecular weight excluding hydrogens is 308 g/mol. The van der Waals surface area contributed by atoms with E-state index in [-0.39, 0.29) is 11.8 Å². The van der Waals surface area contributed by atoms with Crippen molar-refractivity contribution in [1.82, 2.24) is 5.32 Å². The molecule has 23 heavy (non-hydrogen) atoms. The Labute approximate surface area is 141 Å². The summed E-state index contributed by atoms with van der Waals surface area (Å²) in [7, 11) is 1.65. The highest BCUT2D eigenvalue weighted by atomic mass is 32.1. The van der Waals surface area contributed by atoms with E-state index in [0.29, 0.717) is 10.7 Å². The summed E-state index contributed by atoms with van der Waals surface area (Å²) in [5.74, 6) is 0.873. The van der Waals surface area contributed by atoms with E-state index in [2.05, 4.69) is 10.6 Å². The van der Waals surface area contributed by atoms with Crippen molar-refractivity contribution in [2.75, 3.05) is 12.4 Å². The summed E-state index contributed by atoms with van der Waals surface area (Å²) in [5, 5.41) is 6.88. The van der Waals surface area contributed by atoms with Crippen molar-refractivity contribution in [2.24, 2.45) is 0 Å². The van der Waals surface area contributed by atoms with Gasteiger partial charge in [-0.25, -0.2) is 0 Å². The third-order valence-corrected chi connectivity index (χ3v) is 3.73. The van der Waals surface area contributed by atoms with Crippen LogP contribution in [0.2, 0.25) is 0 Å². The molecule has 5 heteroatoms. The van der Waals surface area contributed by atoms with Crippen molar-refractivity contribution < 1.29 is 9.53 Å². The Hall–Kier alpha value is -2.40. The van der Waals surface area contributed by atoms with E-state index >= 15 is 0 Å². The van der Waals surface area contributed by atoms with Gasteiger partial charge in [-0.3, -0.25) is 4.79 Å². The Morgan fingerprint density at radius 3 is 2.22 bits per heavy atom. The zero-order valence-electron chi connectivity index (χ0n) is 13.4. The Morgan fingerprint density at radius 1 is 1.09 bits per heavy atom. The van der Waals surface area contributed by atoms with Crippen LogP contribution in [0.15, 0.2) is 48.5 Å². The van der Waals surface area contributed by atoms with Crippen LogP contribution in [0.25, 0.3) is 0 Å².